The molecule has 3 unspecified atom stereocenters. The summed E-state index contributed by atoms with van der Waals surface area (Å²) in [6.07, 6.45) is 5.57. The molecule has 1 aromatic carbocycles. The van der Waals surface area contributed by atoms with Crippen LogP contribution in [0, 0.1) is 11.8 Å². The molecule has 3 rings (SSSR count). The third kappa shape index (κ3) is 3.80. The Morgan fingerprint density at radius 1 is 1.29 bits per heavy atom. The predicted octanol–water partition coefficient (Wildman–Crippen LogP) is 4.11. The van der Waals surface area contributed by atoms with Crippen LogP contribution in [0.1, 0.15) is 44.2 Å². The van der Waals surface area contributed by atoms with E-state index in [4.69, 9.17) is 11.6 Å². The molecule has 2 aliphatic rings. The van der Waals surface area contributed by atoms with Gasteiger partial charge < -0.3 is 10.2 Å². The second-order valence-electron chi connectivity index (χ2n) is 6.66. The van der Waals surface area contributed by atoms with Crippen molar-refractivity contribution in [3.05, 3.63) is 34.9 Å². The highest BCUT2D eigenvalue weighted by atomic mass is 35.5. The first-order valence-electron chi connectivity index (χ1n) is 8.47. The van der Waals surface area contributed by atoms with Gasteiger partial charge in [-0.3, -0.25) is 0 Å². The fraction of sp³-hybridized carbons (Fsp3) is 0.667. The van der Waals surface area contributed by atoms with Crippen LogP contribution in [0.5, 0.6) is 0 Å². The lowest BCUT2D eigenvalue weighted by atomic mass is 10.0. The van der Waals surface area contributed by atoms with Crippen LogP contribution in [0.25, 0.3) is 0 Å². The fourth-order valence-corrected chi connectivity index (χ4v) is 4.38. The van der Waals surface area contributed by atoms with Crippen LogP contribution in [0.4, 0.5) is 0 Å². The lowest BCUT2D eigenvalue weighted by molar-refractivity contribution is 0.289. The molecule has 0 spiro atoms. The van der Waals surface area contributed by atoms with E-state index in [-0.39, 0.29) is 0 Å². The van der Waals surface area contributed by atoms with Gasteiger partial charge in [-0.25, -0.2) is 0 Å². The molecule has 1 saturated heterocycles. The van der Waals surface area contributed by atoms with Crippen LogP contribution >= 0.6 is 11.6 Å². The van der Waals surface area contributed by atoms with Gasteiger partial charge in [0.15, 0.2) is 0 Å². The van der Waals surface area contributed by atoms with E-state index in [1.54, 1.807) is 0 Å². The average Bonchev–Trinajstić information content (AvgIpc) is 3.04. The van der Waals surface area contributed by atoms with Crippen molar-refractivity contribution in [2.24, 2.45) is 11.8 Å². The molecule has 2 fully saturated rings. The molecule has 0 bridgehead atoms. The van der Waals surface area contributed by atoms with E-state index >= 15 is 0 Å². The molecule has 0 amide bonds. The molecule has 1 aliphatic carbocycles. The van der Waals surface area contributed by atoms with Gasteiger partial charge in [0.05, 0.1) is 0 Å². The Bertz CT molecular complexity index is 450. The molecule has 3 atom stereocenters. The quantitative estimate of drug-likeness (QED) is 0.851. The Kier molecular flexibility index (Phi) is 5.20. The summed E-state index contributed by atoms with van der Waals surface area (Å²) in [5, 5.41) is 4.45. The van der Waals surface area contributed by atoms with Gasteiger partial charge in [0.1, 0.15) is 0 Å². The normalized spacial score (nSPS) is 27.0. The van der Waals surface area contributed by atoms with Crippen molar-refractivity contribution in [1.29, 1.82) is 0 Å². The summed E-state index contributed by atoms with van der Waals surface area (Å²) in [6, 6.07) is 8.73. The molecular weight excluding hydrogens is 280 g/mol. The minimum absolute atomic E-state index is 0.425. The van der Waals surface area contributed by atoms with Crippen molar-refractivity contribution >= 4 is 11.6 Å². The minimum Gasteiger partial charge on any atom is -0.310 e. The van der Waals surface area contributed by atoms with E-state index in [1.807, 2.05) is 6.07 Å². The Morgan fingerprint density at radius 2 is 2.05 bits per heavy atom. The van der Waals surface area contributed by atoms with Crippen LogP contribution in [0.2, 0.25) is 5.02 Å². The van der Waals surface area contributed by atoms with E-state index in [2.05, 4.69) is 35.3 Å². The maximum atomic E-state index is 6.14. The standard InChI is InChI=1S/C18H27ClN2/c1-2-20-18(14-5-4-8-17(19)11-14)9-10-21-12-15-6-3-7-16(15)13-21/h4-5,8,11,15-16,18,20H,2-3,6-7,9-10,12-13H2,1H3. The SMILES string of the molecule is CCNC(CCN1CC2CCCC2C1)c1cccc(Cl)c1. The van der Waals surface area contributed by atoms with Crippen molar-refractivity contribution in [1.82, 2.24) is 10.2 Å². The largest absolute Gasteiger partial charge is 0.310 e. The maximum Gasteiger partial charge on any atom is 0.0409 e. The zero-order chi connectivity index (χ0) is 14.7. The first-order valence-corrected chi connectivity index (χ1v) is 8.85. The van der Waals surface area contributed by atoms with Crippen molar-refractivity contribution in [2.45, 2.75) is 38.6 Å². The number of rotatable bonds is 6. The minimum atomic E-state index is 0.425. The summed E-state index contributed by atoms with van der Waals surface area (Å²) in [5.74, 6) is 1.99. The first-order chi connectivity index (χ1) is 10.3. The van der Waals surface area contributed by atoms with Gasteiger partial charge in [0.2, 0.25) is 0 Å². The molecule has 3 heteroatoms. The second-order valence-corrected chi connectivity index (χ2v) is 7.10. The number of hydrogen-bond acceptors (Lipinski definition) is 2. The summed E-state index contributed by atoms with van der Waals surface area (Å²) in [5.41, 5.74) is 1.32. The van der Waals surface area contributed by atoms with Crippen LogP contribution in [-0.2, 0) is 0 Å². The van der Waals surface area contributed by atoms with Crippen LogP contribution in [-0.4, -0.2) is 31.1 Å². The summed E-state index contributed by atoms with van der Waals surface area (Å²) in [6.45, 7) is 7.05. The number of likely N-dealkylation sites (tertiary alicyclic amines) is 1. The van der Waals surface area contributed by atoms with E-state index in [1.165, 1.54) is 50.9 Å². The number of benzene rings is 1. The van der Waals surface area contributed by atoms with Crippen molar-refractivity contribution in [3.8, 4) is 0 Å². The molecule has 2 nitrogen and oxygen atoms in total. The highest BCUT2D eigenvalue weighted by Gasteiger charge is 2.35. The summed E-state index contributed by atoms with van der Waals surface area (Å²) >= 11 is 6.14. The molecule has 1 heterocycles. The fourth-order valence-electron chi connectivity index (χ4n) is 4.18. The van der Waals surface area contributed by atoms with E-state index in [0.717, 1.165) is 23.4 Å². The lowest BCUT2D eigenvalue weighted by Gasteiger charge is -2.23. The molecule has 1 N–H and O–H groups in total. The smallest absolute Gasteiger partial charge is 0.0409 e. The zero-order valence-corrected chi connectivity index (χ0v) is 13.8. The van der Waals surface area contributed by atoms with E-state index < -0.39 is 0 Å². The van der Waals surface area contributed by atoms with Gasteiger partial charge in [-0.15, -0.1) is 0 Å². The van der Waals surface area contributed by atoms with Gasteiger partial charge in [-0.1, -0.05) is 37.1 Å². The number of nitrogens with zero attached hydrogens (tertiary/aromatic N) is 1. The molecule has 0 aromatic heterocycles. The van der Waals surface area contributed by atoms with Crippen LogP contribution in [0.15, 0.2) is 24.3 Å². The maximum absolute atomic E-state index is 6.14. The average molecular weight is 307 g/mol. The first kappa shape index (κ1) is 15.3. The zero-order valence-electron chi connectivity index (χ0n) is 13.0. The van der Waals surface area contributed by atoms with E-state index in [0.29, 0.717) is 6.04 Å². The number of hydrogen-bond donors (Lipinski definition) is 1. The van der Waals surface area contributed by atoms with Gasteiger partial charge in [0, 0.05) is 24.2 Å². The summed E-state index contributed by atoms with van der Waals surface area (Å²) in [4.78, 5) is 2.68. The molecule has 1 aromatic rings. The number of nitrogens with one attached hydrogen (secondary N) is 1. The third-order valence-electron chi connectivity index (χ3n) is 5.24. The lowest BCUT2D eigenvalue weighted by Crippen LogP contribution is -2.28. The highest BCUT2D eigenvalue weighted by molar-refractivity contribution is 6.30. The van der Waals surface area contributed by atoms with E-state index in [9.17, 15) is 0 Å². The second kappa shape index (κ2) is 7.13. The monoisotopic (exact) mass is 306 g/mol. The van der Waals surface area contributed by atoms with Crippen molar-refractivity contribution in [3.63, 3.8) is 0 Å². The Labute approximate surface area is 133 Å². The molecule has 1 saturated carbocycles. The molecular formula is C18H27ClN2. The van der Waals surface area contributed by atoms with Crippen LogP contribution < -0.4 is 5.32 Å². The summed E-state index contributed by atoms with van der Waals surface area (Å²) in [7, 11) is 0. The third-order valence-corrected chi connectivity index (χ3v) is 5.47. The molecule has 1 aliphatic heterocycles. The predicted molar refractivity (Wildman–Crippen MR) is 89.8 cm³/mol. The van der Waals surface area contributed by atoms with Gasteiger partial charge in [0.25, 0.3) is 0 Å². The Balaban J connectivity index is 1.56. The Morgan fingerprint density at radius 3 is 2.71 bits per heavy atom. The molecule has 21 heavy (non-hydrogen) atoms. The van der Waals surface area contributed by atoms with Gasteiger partial charge in [-0.2, -0.15) is 0 Å². The molecule has 0 radical (unpaired) electrons. The van der Waals surface area contributed by atoms with Crippen molar-refractivity contribution < 1.29 is 0 Å². The highest BCUT2D eigenvalue weighted by Crippen LogP contribution is 2.37. The number of halogens is 1. The van der Waals surface area contributed by atoms with Gasteiger partial charge in [-0.05, 0) is 61.9 Å². The Hall–Kier alpha value is -0.570. The summed E-state index contributed by atoms with van der Waals surface area (Å²) < 4.78 is 0. The van der Waals surface area contributed by atoms with Crippen LogP contribution in [0.3, 0.4) is 0 Å². The van der Waals surface area contributed by atoms with Gasteiger partial charge >= 0.3 is 0 Å². The number of fused-ring (bicyclic) bond motifs is 1. The topological polar surface area (TPSA) is 15.3 Å². The molecule has 116 valence electrons. The van der Waals surface area contributed by atoms with Crippen molar-refractivity contribution in [2.75, 3.05) is 26.2 Å².